The van der Waals surface area contributed by atoms with Crippen LogP contribution in [-0.2, 0) is 0 Å². The first-order valence-corrected chi connectivity index (χ1v) is 20.1. The van der Waals surface area contributed by atoms with Crippen molar-refractivity contribution in [3.63, 3.8) is 0 Å². The number of nitrogens with zero attached hydrogens (tertiary/aromatic N) is 1. The van der Waals surface area contributed by atoms with E-state index in [1.165, 1.54) is 225 Å². The van der Waals surface area contributed by atoms with Crippen LogP contribution in [-0.4, -0.2) is 30.0 Å². The first-order chi connectivity index (χ1) is 20.5. The smallest absolute Gasteiger partial charge is 0.118 e. The fraction of sp³-hybridized carbons (Fsp3) is 1.00. The van der Waals surface area contributed by atoms with Gasteiger partial charge in [-0.2, -0.15) is 4.65 Å². The van der Waals surface area contributed by atoms with Crippen LogP contribution in [0.5, 0.6) is 0 Å². The van der Waals surface area contributed by atoms with E-state index in [4.69, 9.17) is 0 Å². The zero-order valence-corrected chi connectivity index (χ0v) is 31.4. The molecule has 1 N–H and O–H groups in total. The number of hydrogen-bond acceptors (Lipinski definition) is 1. The lowest BCUT2D eigenvalue weighted by Crippen LogP contribution is -3.00. The first kappa shape index (κ1) is 45.3. The molecule has 0 saturated heterocycles. The molecule has 0 aromatic rings. The average Bonchev–Trinajstić information content (AvgIpc) is 2.96. The highest BCUT2D eigenvalue weighted by Crippen LogP contribution is 2.21. The van der Waals surface area contributed by atoms with Gasteiger partial charge in [0.1, 0.15) is 6.04 Å². The molecule has 0 aromatic carbocycles. The van der Waals surface area contributed by atoms with Crippen LogP contribution in [0.25, 0.3) is 0 Å². The van der Waals surface area contributed by atoms with E-state index in [-0.39, 0.29) is 17.1 Å². The van der Waals surface area contributed by atoms with Gasteiger partial charge in [-0.15, -0.1) is 0 Å². The molecule has 0 aromatic heterocycles. The van der Waals surface area contributed by atoms with Gasteiger partial charge in [0.05, 0.1) is 14.1 Å². The van der Waals surface area contributed by atoms with Crippen molar-refractivity contribution in [3.05, 3.63) is 0 Å². The van der Waals surface area contributed by atoms with Gasteiger partial charge in [-0.1, -0.05) is 213 Å². The molecule has 0 heterocycles. The van der Waals surface area contributed by atoms with E-state index in [1.54, 1.807) is 0 Å². The van der Waals surface area contributed by atoms with Crippen molar-refractivity contribution in [2.75, 3.05) is 14.1 Å². The van der Waals surface area contributed by atoms with Crippen LogP contribution < -0.4 is 12.4 Å². The van der Waals surface area contributed by atoms with Gasteiger partial charge in [-0.05, 0) is 12.8 Å². The van der Waals surface area contributed by atoms with Crippen LogP contribution >= 0.6 is 0 Å². The topological polar surface area (TPSA) is 20.2 Å². The summed E-state index contributed by atoms with van der Waals surface area (Å²) in [5, 5.41) is 10.7. The van der Waals surface area contributed by atoms with E-state index < -0.39 is 0 Å². The van der Waals surface area contributed by atoms with Crippen LogP contribution in [0.3, 0.4) is 0 Å². The standard InChI is InChI=1S/C40H84NO.ClH/c1-5-7-9-11-13-15-17-19-20-21-22-23-24-25-27-29-31-33-35-37-39-40(41(3,4)42)38-36-34-32-30-28-26-18-16-14-12-10-8-6-2;/h40,42H,5-39H2,1-4H3;1H/q+1;/p-1. The van der Waals surface area contributed by atoms with Crippen LogP contribution in [0.4, 0.5) is 0 Å². The molecular weight excluding hydrogens is 546 g/mol. The second-order valence-corrected chi connectivity index (χ2v) is 14.7. The molecule has 0 fully saturated rings. The Morgan fingerprint density at radius 2 is 0.488 bits per heavy atom. The molecule has 0 aliphatic rings. The Morgan fingerprint density at radius 1 is 0.326 bits per heavy atom. The number of hydrogen-bond donors (Lipinski definition) is 1. The summed E-state index contributed by atoms with van der Waals surface area (Å²) in [4.78, 5) is 0. The summed E-state index contributed by atoms with van der Waals surface area (Å²) in [7, 11) is 3.98. The molecular formula is C40H84ClNO. The molecule has 0 amide bonds. The van der Waals surface area contributed by atoms with E-state index in [2.05, 4.69) is 13.8 Å². The van der Waals surface area contributed by atoms with E-state index >= 15 is 0 Å². The van der Waals surface area contributed by atoms with Crippen LogP contribution in [0.15, 0.2) is 0 Å². The van der Waals surface area contributed by atoms with Gasteiger partial charge in [0, 0.05) is 12.8 Å². The highest BCUT2D eigenvalue weighted by Gasteiger charge is 2.25. The molecule has 0 bridgehead atoms. The molecule has 1 unspecified atom stereocenters. The molecule has 0 aliphatic carbocycles. The predicted molar refractivity (Wildman–Crippen MR) is 191 cm³/mol. The van der Waals surface area contributed by atoms with Gasteiger partial charge in [-0.3, -0.25) is 0 Å². The summed E-state index contributed by atoms with van der Waals surface area (Å²) in [5.41, 5.74) is 0. The Labute approximate surface area is 280 Å². The van der Waals surface area contributed by atoms with E-state index in [0.29, 0.717) is 6.04 Å². The average molecular weight is 631 g/mol. The van der Waals surface area contributed by atoms with Crippen molar-refractivity contribution in [3.8, 4) is 0 Å². The third-order valence-corrected chi connectivity index (χ3v) is 9.93. The fourth-order valence-corrected chi connectivity index (χ4v) is 6.81. The molecule has 1 atom stereocenters. The Balaban J connectivity index is 0. The fourth-order valence-electron chi connectivity index (χ4n) is 6.81. The van der Waals surface area contributed by atoms with E-state index in [0.717, 1.165) is 0 Å². The Morgan fingerprint density at radius 3 is 0.651 bits per heavy atom. The molecule has 0 radical (unpaired) electrons. The Kier molecular flexibility index (Phi) is 38.7. The van der Waals surface area contributed by atoms with Crippen molar-refractivity contribution < 1.29 is 22.3 Å². The maximum atomic E-state index is 10.7. The lowest BCUT2D eigenvalue weighted by Gasteiger charge is -2.30. The summed E-state index contributed by atoms with van der Waals surface area (Å²) in [6, 6.07) is 0.424. The zero-order chi connectivity index (χ0) is 30.8. The third-order valence-electron chi connectivity index (χ3n) is 9.93. The molecule has 262 valence electrons. The highest BCUT2D eigenvalue weighted by atomic mass is 35.5. The maximum absolute atomic E-state index is 10.7. The summed E-state index contributed by atoms with van der Waals surface area (Å²) in [5.74, 6) is 0. The minimum atomic E-state index is 0. The Bertz CT molecular complexity index is 491. The lowest BCUT2D eigenvalue weighted by atomic mass is 9.98. The normalized spacial score (nSPS) is 12.5. The molecule has 0 saturated carbocycles. The summed E-state index contributed by atoms with van der Waals surface area (Å²) >= 11 is 0. The lowest BCUT2D eigenvalue weighted by molar-refractivity contribution is -1.09. The monoisotopic (exact) mass is 630 g/mol. The third kappa shape index (κ3) is 36.6. The van der Waals surface area contributed by atoms with Crippen LogP contribution in [0.2, 0.25) is 0 Å². The minimum Gasteiger partial charge on any atom is -1.00 e. The van der Waals surface area contributed by atoms with Gasteiger partial charge >= 0.3 is 0 Å². The van der Waals surface area contributed by atoms with Crippen LogP contribution in [0, 0.1) is 0 Å². The van der Waals surface area contributed by atoms with Gasteiger partial charge in [-0.25, -0.2) is 5.21 Å². The number of quaternary nitrogens is 1. The second-order valence-electron chi connectivity index (χ2n) is 14.7. The minimum absolute atomic E-state index is 0. The van der Waals surface area contributed by atoms with Gasteiger partial charge in [0.25, 0.3) is 0 Å². The summed E-state index contributed by atoms with van der Waals surface area (Å²) in [6.45, 7) is 4.60. The molecule has 0 spiro atoms. The van der Waals surface area contributed by atoms with Crippen molar-refractivity contribution in [1.29, 1.82) is 0 Å². The van der Waals surface area contributed by atoms with Crippen molar-refractivity contribution in [2.45, 2.75) is 245 Å². The molecule has 2 nitrogen and oxygen atoms in total. The molecule has 43 heavy (non-hydrogen) atoms. The number of halogens is 1. The highest BCUT2D eigenvalue weighted by molar-refractivity contribution is 4.60. The van der Waals surface area contributed by atoms with Gasteiger partial charge in [0.2, 0.25) is 0 Å². The molecule has 3 heteroatoms. The number of rotatable bonds is 36. The molecule has 0 aliphatic heterocycles. The van der Waals surface area contributed by atoms with Gasteiger partial charge < -0.3 is 12.4 Å². The van der Waals surface area contributed by atoms with Crippen molar-refractivity contribution >= 4 is 0 Å². The van der Waals surface area contributed by atoms with Crippen LogP contribution in [0.1, 0.15) is 239 Å². The molecule has 0 rings (SSSR count). The Hall–Kier alpha value is 0.210. The summed E-state index contributed by atoms with van der Waals surface area (Å²) in [6.07, 6.45) is 49.5. The van der Waals surface area contributed by atoms with E-state index in [1.807, 2.05) is 14.1 Å². The summed E-state index contributed by atoms with van der Waals surface area (Å²) < 4.78 is 0.164. The quantitative estimate of drug-likeness (QED) is 0.0415. The van der Waals surface area contributed by atoms with Crippen molar-refractivity contribution in [2.24, 2.45) is 0 Å². The van der Waals surface area contributed by atoms with E-state index in [9.17, 15) is 5.21 Å². The maximum Gasteiger partial charge on any atom is 0.118 e. The SMILES string of the molecule is CCCCCCCCCCCCCCCCCCCCCCC(CCCCCCCCCCCCCCC)[N+](C)(C)O.[Cl-]. The number of hydroxylamine groups is 3. The number of unbranched alkanes of at least 4 members (excludes halogenated alkanes) is 31. The van der Waals surface area contributed by atoms with Gasteiger partial charge in [0.15, 0.2) is 0 Å². The second kappa shape index (κ2) is 36.7. The van der Waals surface area contributed by atoms with Crippen molar-refractivity contribution in [1.82, 2.24) is 0 Å². The first-order valence-electron chi connectivity index (χ1n) is 20.1. The zero-order valence-electron chi connectivity index (χ0n) is 30.6. The predicted octanol–water partition coefficient (Wildman–Crippen LogP) is 11.5. The largest absolute Gasteiger partial charge is 1.00 e.